The molecule has 0 spiro atoms. The van der Waals surface area contributed by atoms with Gasteiger partial charge in [0.2, 0.25) is 0 Å². The fourth-order valence-corrected chi connectivity index (χ4v) is 2.12. The van der Waals surface area contributed by atoms with Gasteiger partial charge in [0.1, 0.15) is 0 Å². The third-order valence-corrected chi connectivity index (χ3v) is 2.69. The van der Waals surface area contributed by atoms with Gasteiger partial charge in [-0.3, -0.25) is 9.59 Å². The lowest BCUT2D eigenvalue weighted by Gasteiger charge is -1.99. The SMILES string of the molecule is CC(C)C1C(CC(=O)O)C1C(=O)O. The van der Waals surface area contributed by atoms with Crippen LogP contribution < -0.4 is 0 Å². The van der Waals surface area contributed by atoms with Crippen molar-refractivity contribution in [2.75, 3.05) is 0 Å². The van der Waals surface area contributed by atoms with Crippen LogP contribution in [-0.4, -0.2) is 22.2 Å². The highest BCUT2D eigenvalue weighted by molar-refractivity contribution is 5.77. The number of carboxylic acid groups (broad SMARTS) is 2. The molecule has 1 aliphatic rings. The molecule has 0 aliphatic heterocycles. The molecule has 1 rings (SSSR count). The number of hydrogen-bond donors (Lipinski definition) is 2. The van der Waals surface area contributed by atoms with E-state index in [4.69, 9.17) is 10.2 Å². The average Bonchev–Trinajstić information content (AvgIpc) is 2.60. The third-order valence-electron chi connectivity index (χ3n) is 2.69. The van der Waals surface area contributed by atoms with Crippen LogP contribution >= 0.6 is 0 Å². The van der Waals surface area contributed by atoms with Gasteiger partial charge in [-0.2, -0.15) is 0 Å². The minimum Gasteiger partial charge on any atom is -0.481 e. The van der Waals surface area contributed by atoms with E-state index < -0.39 is 17.9 Å². The predicted molar refractivity (Wildman–Crippen MR) is 45.2 cm³/mol. The van der Waals surface area contributed by atoms with E-state index in [1.54, 1.807) is 0 Å². The lowest BCUT2D eigenvalue weighted by molar-refractivity contribution is -0.139. The summed E-state index contributed by atoms with van der Waals surface area (Å²) in [4.78, 5) is 21.1. The van der Waals surface area contributed by atoms with Crippen molar-refractivity contribution in [3.05, 3.63) is 0 Å². The van der Waals surface area contributed by atoms with Crippen LogP contribution in [0.4, 0.5) is 0 Å². The lowest BCUT2D eigenvalue weighted by Crippen LogP contribution is -2.03. The second kappa shape index (κ2) is 3.36. The summed E-state index contributed by atoms with van der Waals surface area (Å²) in [5, 5.41) is 17.3. The van der Waals surface area contributed by atoms with Gasteiger partial charge in [-0.25, -0.2) is 0 Å². The molecule has 0 bridgehead atoms. The Bertz CT molecular complexity index is 234. The highest BCUT2D eigenvalue weighted by Gasteiger charge is 2.56. The number of aliphatic carboxylic acids is 2. The van der Waals surface area contributed by atoms with Crippen LogP contribution in [0, 0.1) is 23.7 Å². The molecule has 0 aromatic carbocycles. The maximum absolute atomic E-state index is 10.7. The molecule has 2 N–H and O–H groups in total. The van der Waals surface area contributed by atoms with Crippen molar-refractivity contribution in [3.8, 4) is 0 Å². The summed E-state index contributed by atoms with van der Waals surface area (Å²) in [7, 11) is 0. The van der Waals surface area contributed by atoms with E-state index in [9.17, 15) is 9.59 Å². The summed E-state index contributed by atoms with van der Waals surface area (Å²) in [6.45, 7) is 3.87. The summed E-state index contributed by atoms with van der Waals surface area (Å²) in [6, 6.07) is 0. The van der Waals surface area contributed by atoms with Crippen LogP contribution in [0.5, 0.6) is 0 Å². The minimum atomic E-state index is -0.903. The third kappa shape index (κ3) is 1.99. The van der Waals surface area contributed by atoms with E-state index in [1.165, 1.54) is 0 Å². The van der Waals surface area contributed by atoms with Crippen LogP contribution in [-0.2, 0) is 9.59 Å². The first-order valence-corrected chi connectivity index (χ1v) is 4.39. The summed E-state index contributed by atoms with van der Waals surface area (Å²) in [5.41, 5.74) is 0. The van der Waals surface area contributed by atoms with Crippen LogP contribution in [0.25, 0.3) is 0 Å². The minimum absolute atomic E-state index is 0.0141. The van der Waals surface area contributed by atoms with E-state index in [1.807, 2.05) is 13.8 Å². The highest BCUT2D eigenvalue weighted by Crippen LogP contribution is 2.52. The second-order valence-corrected chi connectivity index (χ2v) is 3.95. The molecule has 1 fully saturated rings. The van der Waals surface area contributed by atoms with E-state index in [0.29, 0.717) is 0 Å². The fourth-order valence-electron chi connectivity index (χ4n) is 2.12. The lowest BCUT2D eigenvalue weighted by atomic mass is 10.1. The van der Waals surface area contributed by atoms with Crippen molar-refractivity contribution in [3.63, 3.8) is 0 Å². The van der Waals surface area contributed by atoms with E-state index in [0.717, 1.165) is 0 Å². The molecule has 4 heteroatoms. The Morgan fingerprint density at radius 3 is 2.08 bits per heavy atom. The molecule has 74 valence electrons. The van der Waals surface area contributed by atoms with Gasteiger partial charge in [-0.05, 0) is 17.8 Å². The molecule has 0 radical (unpaired) electrons. The average molecular weight is 186 g/mol. The van der Waals surface area contributed by atoms with Gasteiger partial charge in [-0.15, -0.1) is 0 Å². The first-order valence-electron chi connectivity index (χ1n) is 4.39. The normalized spacial score (nSPS) is 31.8. The number of carbonyl (C=O) groups is 2. The van der Waals surface area contributed by atoms with Crippen molar-refractivity contribution in [2.45, 2.75) is 20.3 Å². The monoisotopic (exact) mass is 186 g/mol. The summed E-state index contributed by atoms with van der Waals surface area (Å²) in [6.07, 6.45) is -0.0141. The van der Waals surface area contributed by atoms with Gasteiger partial charge in [0.15, 0.2) is 0 Å². The topological polar surface area (TPSA) is 74.6 Å². The molecule has 0 aromatic rings. The van der Waals surface area contributed by atoms with E-state index in [2.05, 4.69) is 0 Å². The molecular formula is C9H14O4. The number of hydrogen-bond acceptors (Lipinski definition) is 2. The van der Waals surface area contributed by atoms with Crippen molar-refractivity contribution >= 4 is 11.9 Å². The Kier molecular flexibility index (Phi) is 2.59. The smallest absolute Gasteiger partial charge is 0.307 e. The molecule has 0 heterocycles. The van der Waals surface area contributed by atoms with Crippen molar-refractivity contribution in [1.29, 1.82) is 0 Å². The zero-order valence-electron chi connectivity index (χ0n) is 7.73. The van der Waals surface area contributed by atoms with Crippen LogP contribution in [0.2, 0.25) is 0 Å². The molecule has 13 heavy (non-hydrogen) atoms. The van der Waals surface area contributed by atoms with Gasteiger partial charge in [0, 0.05) is 6.42 Å². The standard InChI is InChI=1S/C9H14O4/c1-4(2)7-5(3-6(10)11)8(7)9(12)13/h4-5,7-8H,3H2,1-2H3,(H,10,11)(H,12,13). The Morgan fingerprint density at radius 2 is 1.85 bits per heavy atom. The Hall–Kier alpha value is -1.06. The molecule has 1 aliphatic carbocycles. The first kappa shape index (κ1) is 10.0. The summed E-state index contributed by atoms with van der Waals surface area (Å²) < 4.78 is 0. The molecule has 0 aromatic heterocycles. The molecular weight excluding hydrogens is 172 g/mol. The Labute approximate surface area is 76.6 Å². The van der Waals surface area contributed by atoms with Crippen LogP contribution in [0.15, 0.2) is 0 Å². The maximum Gasteiger partial charge on any atom is 0.307 e. The van der Waals surface area contributed by atoms with E-state index >= 15 is 0 Å². The Morgan fingerprint density at radius 1 is 1.31 bits per heavy atom. The Balaban J connectivity index is 2.57. The molecule has 3 unspecified atom stereocenters. The quantitative estimate of drug-likeness (QED) is 0.688. The molecule has 4 nitrogen and oxygen atoms in total. The largest absolute Gasteiger partial charge is 0.481 e. The first-order chi connectivity index (χ1) is 5.95. The van der Waals surface area contributed by atoms with Gasteiger partial charge in [0.25, 0.3) is 0 Å². The predicted octanol–water partition coefficient (Wildman–Crippen LogP) is 1.06. The van der Waals surface area contributed by atoms with Gasteiger partial charge in [-0.1, -0.05) is 13.8 Å². The highest BCUT2D eigenvalue weighted by atomic mass is 16.4. The number of carboxylic acids is 2. The number of rotatable bonds is 4. The second-order valence-electron chi connectivity index (χ2n) is 3.95. The van der Waals surface area contributed by atoms with E-state index in [-0.39, 0.29) is 24.2 Å². The van der Waals surface area contributed by atoms with Crippen molar-refractivity contribution in [2.24, 2.45) is 23.7 Å². The van der Waals surface area contributed by atoms with Gasteiger partial charge in [0.05, 0.1) is 5.92 Å². The van der Waals surface area contributed by atoms with Crippen LogP contribution in [0.1, 0.15) is 20.3 Å². The molecule has 0 saturated heterocycles. The van der Waals surface area contributed by atoms with Crippen LogP contribution in [0.3, 0.4) is 0 Å². The fraction of sp³-hybridized carbons (Fsp3) is 0.778. The molecule has 3 atom stereocenters. The molecule has 0 amide bonds. The van der Waals surface area contributed by atoms with Gasteiger partial charge >= 0.3 is 11.9 Å². The zero-order chi connectivity index (χ0) is 10.2. The van der Waals surface area contributed by atoms with Gasteiger partial charge < -0.3 is 10.2 Å². The molecule has 1 saturated carbocycles. The zero-order valence-corrected chi connectivity index (χ0v) is 7.73. The summed E-state index contributed by atoms with van der Waals surface area (Å²) in [5.74, 6) is -2.05. The van der Waals surface area contributed by atoms with Crippen molar-refractivity contribution < 1.29 is 19.8 Å². The maximum atomic E-state index is 10.7. The summed E-state index contributed by atoms with van der Waals surface area (Å²) >= 11 is 0. The van der Waals surface area contributed by atoms with Crippen molar-refractivity contribution in [1.82, 2.24) is 0 Å².